The van der Waals surface area contributed by atoms with Gasteiger partial charge in [-0.05, 0) is 30.2 Å². The lowest BCUT2D eigenvalue weighted by Crippen LogP contribution is -2.04. The van der Waals surface area contributed by atoms with E-state index in [1.807, 2.05) is 31.2 Å². The highest BCUT2D eigenvalue weighted by molar-refractivity contribution is 6.32. The number of halogens is 2. The third kappa shape index (κ3) is 2.92. The molecule has 0 saturated carbocycles. The van der Waals surface area contributed by atoms with Gasteiger partial charge in [0, 0.05) is 22.0 Å². The SMILES string of the molecule is Cc1ccc(C(=O)Cc2ccccc2Cl)cc1Cl. The maximum atomic E-state index is 12.1. The van der Waals surface area contributed by atoms with Crippen LogP contribution in [0.3, 0.4) is 0 Å². The summed E-state index contributed by atoms with van der Waals surface area (Å²) >= 11 is 12.0. The number of hydrogen-bond acceptors (Lipinski definition) is 1. The molecule has 1 nitrogen and oxygen atoms in total. The molecule has 2 rings (SSSR count). The van der Waals surface area contributed by atoms with Crippen molar-refractivity contribution in [3.8, 4) is 0 Å². The van der Waals surface area contributed by atoms with E-state index in [1.54, 1.807) is 18.2 Å². The van der Waals surface area contributed by atoms with E-state index in [0.29, 0.717) is 22.0 Å². The molecule has 0 heterocycles. The topological polar surface area (TPSA) is 17.1 Å². The normalized spacial score (nSPS) is 10.4. The Kier molecular flexibility index (Phi) is 4.05. The van der Waals surface area contributed by atoms with Crippen LogP contribution in [0.25, 0.3) is 0 Å². The molecule has 3 heteroatoms. The van der Waals surface area contributed by atoms with Crippen LogP contribution in [0.2, 0.25) is 10.0 Å². The van der Waals surface area contributed by atoms with Gasteiger partial charge in [0.15, 0.2) is 5.78 Å². The largest absolute Gasteiger partial charge is 0.294 e. The number of ketones is 1. The van der Waals surface area contributed by atoms with Crippen LogP contribution in [0.15, 0.2) is 42.5 Å². The Balaban J connectivity index is 2.22. The summed E-state index contributed by atoms with van der Waals surface area (Å²) in [5.74, 6) is 0.0185. The zero-order valence-electron chi connectivity index (χ0n) is 9.91. The van der Waals surface area contributed by atoms with E-state index >= 15 is 0 Å². The van der Waals surface area contributed by atoms with E-state index in [9.17, 15) is 4.79 Å². The number of Topliss-reactive ketones (excluding diaryl/α,β-unsaturated/α-hetero) is 1. The average Bonchev–Trinajstić information content (AvgIpc) is 2.35. The van der Waals surface area contributed by atoms with Gasteiger partial charge in [-0.3, -0.25) is 4.79 Å². The quantitative estimate of drug-likeness (QED) is 0.742. The fraction of sp³-hybridized carbons (Fsp3) is 0.133. The Morgan fingerprint density at radius 2 is 1.78 bits per heavy atom. The molecule has 0 aromatic heterocycles. The second-order valence-corrected chi connectivity index (χ2v) is 4.97. The van der Waals surface area contributed by atoms with Crippen LogP contribution >= 0.6 is 23.2 Å². The molecule has 0 aliphatic carbocycles. The Morgan fingerprint density at radius 1 is 1.06 bits per heavy atom. The highest BCUT2D eigenvalue weighted by atomic mass is 35.5. The zero-order valence-corrected chi connectivity index (χ0v) is 11.4. The fourth-order valence-electron chi connectivity index (χ4n) is 1.68. The number of carbonyl (C=O) groups is 1. The van der Waals surface area contributed by atoms with Gasteiger partial charge in [0.05, 0.1) is 0 Å². The van der Waals surface area contributed by atoms with Gasteiger partial charge < -0.3 is 0 Å². The third-order valence-corrected chi connectivity index (χ3v) is 3.58. The summed E-state index contributed by atoms with van der Waals surface area (Å²) in [5.41, 5.74) is 2.41. The second kappa shape index (κ2) is 5.55. The van der Waals surface area contributed by atoms with Gasteiger partial charge in [0.1, 0.15) is 0 Å². The highest BCUT2D eigenvalue weighted by Crippen LogP contribution is 2.20. The Labute approximate surface area is 116 Å². The lowest BCUT2D eigenvalue weighted by molar-refractivity contribution is 0.0993. The first-order valence-corrected chi connectivity index (χ1v) is 6.36. The van der Waals surface area contributed by atoms with Crippen molar-refractivity contribution in [3.05, 3.63) is 69.2 Å². The molecule has 0 unspecified atom stereocenters. The molecule has 92 valence electrons. The van der Waals surface area contributed by atoms with Crippen LogP contribution in [0.1, 0.15) is 21.5 Å². The van der Waals surface area contributed by atoms with E-state index in [4.69, 9.17) is 23.2 Å². The third-order valence-electron chi connectivity index (χ3n) is 2.80. The van der Waals surface area contributed by atoms with Crippen molar-refractivity contribution in [1.29, 1.82) is 0 Å². The van der Waals surface area contributed by atoms with E-state index in [0.717, 1.165) is 11.1 Å². The van der Waals surface area contributed by atoms with Crippen molar-refractivity contribution in [3.63, 3.8) is 0 Å². The number of rotatable bonds is 3. The predicted molar refractivity (Wildman–Crippen MR) is 75.7 cm³/mol. The van der Waals surface area contributed by atoms with Crippen LogP contribution < -0.4 is 0 Å². The molecule has 2 aromatic carbocycles. The molecule has 0 radical (unpaired) electrons. The van der Waals surface area contributed by atoms with Gasteiger partial charge in [-0.1, -0.05) is 53.5 Å². The van der Waals surface area contributed by atoms with Gasteiger partial charge in [-0.2, -0.15) is 0 Å². The lowest BCUT2D eigenvalue weighted by Gasteiger charge is -2.05. The number of benzene rings is 2. The zero-order chi connectivity index (χ0) is 13.1. The maximum Gasteiger partial charge on any atom is 0.167 e. The molecule has 0 fully saturated rings. The standard InChI is InChI=1S/C15H12Cl2O/c1-10-6-7-12(8-14(10)17)15(18)9-11-4-2-3-5-13(11)16/h2-8H,9H2,1H3. The Bertz CT molecular complexity index is 591. The van der Waals surface area contributed by atoms with Gasteiger partial charge in [-0.25, -0.2) is 0 Å². The predicted octanol–water partition coefficient (Wildman–Crippen LogP) is 4.73. The van der Waals surface area contributed by atoms with Gasteiger partial charge in [-0.15, -0.1) is 0 Å². The minimum absolute atomic E-state index is 0.0185. The van der Waals surface area contributed by atoms with Crippen molar-refractivity contribution >= 4 is 29.0 Å². The summed E-state index contributed by atoms with van der Waals surface area (Å²) in [4.78, 5) is 12.1. The lowest BCUT2D eigenvalue weighted by atomic mass is 10.0. The minimum atomic E-state index is 0.0185. The van der Waals surface area contributed by atoms with Crippen LogP contribution in [0, 0.1) is 6.92 Å². The van der Waals surface area contributed by atoms with Crippen molar-refractivity contribution in [2.75, 3.05) is 0 Å². The summed E-state index contributed by atoms with van der Waals surface area (Å²) in [5, 5.41) is 1.23. The molecule has 18 heavy (non-hydrogen) atoms. The van der Waals surface area contributed by atoms with Crippen molar-refractivity contribution in [1.82, 2.24) is 0 Å². The van der Waals surface area contributed by atoms with E-state index in [-0.39, 0.29) is 5.78 Å². The Morgan fingerprint density at radius 3 is 2.44 bits per heavy atom. The summed E-state index contributed by atoms with van der Waals surface area (Å²) in [6, 6.07) is 12.7. The molecule has 0 N–H and O–H groups in total. The van der Waals surface area contributed by atoms with Crippen LogP contribution in [0.4, 0.5) is 0 Å². The molecule has 2 aromatic rings. The summed E-state index contributed by atoms with van der Waals surface area (Å²) in [6.07, 6.45) is 0.291. The van der Waals surface area contributed by atoms with Crippen LogP contribution in [-0.2, 0) is 6.42 Å². The molecular formula is C15H12Cl2O. The molecule has 0 bridgehead atoms. The Hall–Kier alpha value is -1.31. The minimum Gasteiger partial charge on any atom is -0.294 e. The molecule has 0 saturated heterocycles. The molecule has 0 aliphatic heterocycles. The summed E-state index contributed by atoms with van der Waals surface area (Å²) in [7, 11) is 0. The van der Waals surface area contributed by atoms with Crippen molar-refractivity contribution in [2.45, 2.75) is 13.3 Å². The molecule has 0 amide bonds. The average molecular weight is 279 g/mol. The van der Waals surface area contributed by atoms with E-state index < -0.39 is 0 Å². The monoisotopic (exact) mass is 278 g/mol. The number of hydrogen-bond donors (Lipinski definition) is 0. The smallest absolute Gasteiger partial charge is 0.167 e. The van der Waals surface area contributed by atoms with Crippen LogP contribution in [-0.4, -0.2) is 5.78 Å². The summed E-state index contributed by atoms with van der Waals surface area (Å²) < 4.78 is 0. The first-order chi connectivity index (χ1) is 8.58. The first kappa shape index (κ1) is 13.1. The van der Waals surface area contributed by atoms with Gasteiger partial charge in [0.25, 0.3) is 0 Å². The summed E-state index contributed by atoms with van der Waals surface area (Å²) in [6.45, 7) is 1.91. The van der Waals surface area contributed by atoms with Crippen LogP contribution in [0.5, 0.6) is 0 Å². The highest BCUT2D eigenvalue weighted by Gasteiger charge is 2.10. The fourth-order valence-corrected chi connectivity index (χ4v) is 2.07. The van der Waals surface area contributed by atoms with E-state index in [2.05, 4.69) is 0 Å². The van der Waals surface area contributed by atoms with Gasteiger partial charge >= 0.3 is 0 Å². The second-order valence-electron chi connectivity index (χ2n) is 4.16. The van der Waals surface area contributed by atoms with E-state index in [1.165, 1.54) is 0 Å². The number of aryl methyl sites for hydroxylation is 1. The van der Waals surface area contributed by atoms with Crippen molar-refractivity contribution in [2.24, 2.45) is 0 Å². The maximum absolute atomic E-state index is 12.1. The molecular weight excluding hydrogens is 267 g/mol. The molecule has 0 spiro atoms. The molecule has 0 atom stereocenters. The first-order valence-electron chi connectivity index (χ1n) is 5.60. The van der Waals surface area contributed by atoms with Gasteiger partial charge in [0.2, 0.25) is 0 Å². The van der Waals surface area contributed by atoms with Crippen molar-refractivity contribution < 1.29 is 4.79 Å². The molecule has 0 aliphatic rings. The number of carbonyl (C=O) groups excluding carboxylic acids is 1.